The molecule has 0 heterocycles. The fourth-order valence-electron chi connectivity index (χ4n) is 6.71. The lowest BCUT2D eigenvalue weighted by Gasteiger charge is -2.15. The van der Waals surface area contributed by atoms with Gasteiger partial charge in [0.25, 0.3) is 0 Å². The van der Waals surface area contributed by atoms with Gasteiger partial charge in [0.1, 0.15) is 12.1 Å². The third-order valence-electron chi connectivity index (χ3n) is 10.1. The number of unbranched alkanes of at least 4 members (excludes halogenated alkanes) is 26. The third kappa shape index (κ3) is 36.3. The maximum Gasteiger partial charge on any atom is 0.326 e. The van der Waals surface area contributed by atoms with E-state index in [9.17, 15) is 19.5 Å². The molecule has 4 N–H and O–H groups in total. The highest BCUT2D eigenvalue weighted by Gasteiger charge is 2.19. The first kappa shape index (κ1) is 49.1. The number of amides is 1. The summed E-state index contributed by atoms with van der Waals surface area (Å²) in [6.45, 7) is 4.89. The molecule has 2 unspecified atom stereocenters. The van der Waals surface area contributed by atoms with Crippen molar-refractivity contribution < 1.29 is 24.2 Å². The summed E-state index contributed by atoms with van der Waals surface area (Å²) in [5.41, 5.74) is 5.47. The maximum atomic E-state index is 12.7. The molecule has 0 aliphatic rings. The molecule has 0 saturated heterocycles. The van der Waals surface area contributed by atoms with Gasteiger partial charge >= 0.3 is 11.9 Å². The van der Waals surface area contributed by atoms with Gasteiger partial charge in [-0.15, -0.1) is 0 Å². The quantitative estimate of drug-likeness (QED) is 0.0329. The summed E-state index contributed by atoms with van der Waals surface area (Å²) in [4.78, 5) is 36.2. The summed E-state index contributed by atoms with van der Waals surface area (Å²) < 4.78 is 5.89. The van der Waals surface area contributed by atoms with Gasteiger partial charge < -0.3 is 20.9 Å². The molecule has 51 heavy (non-hydrogen) atoms. The number of nitrogens with one attached hydrogen (secondary N) is 1. The number of nitrogens with two attached hydrogens (primary N) is 1. The molecule has 0 fully saturated rings. The van der Waals surface area contributed by atoms with Crippen molar-refractivity contribution in [1.29, 1.82) is 0 Å². The van der Waals surface area contributed by atoms with Crippen molar-refractivity contribution in [3.05, 3.63) is 12.2 Å². The Morgan fingerprint density at radius 3 is 1.47 bits per heavy atom. The molecule has 0 rings (SSSR count). The number of hydrogen-bond donors (Lipinski definition) is 3. The highest BCUT2D eigenvalue weighted by Crippen LogP contribution is 2.17. The number of esters is 1. The van der Waals surface area contributed by atoms with Crippen molar-refractivity contribution in [3.63, 3.8) is 0 Å². The van der Waals surface area contributed by atoms with E-state index in [4.69, 9.17) is 10.5 Å². The van der Waals surface area contributed by atoms with Gasteiger partial charge in [-0.05, 0) is 64.0 Å². The lowest BCUT2D eigenvalue weighted by Crippen LogP contribution is -2.40. The van der Waals surface area contributed by atoms with E-state index in [-0.39, 0.29) is 18.0 Å². The number of rotatable bonds is 40. The summed E-state index contributed by atoms with van der Waals surface area (Å²) >= 11 is 0. The van der Waals surface area contributed by atoms with E-state index in [1.165, 1.54) is 135 Å². The van der Waals surface area contributed by atoms with Gasteiger partial charge in [-0.25, -0.2) is 4.79 Å². The van der Waals surface area contributed by atoms with E-state index >= 15 is 0 Å². The lowest BCUT2D eigenvalue weighted by atomic mass is 10.0. The number of carboxylic acids is 1. The highest BCUT2D eigenvalue weighted by atomic mass is 16.5. The van der Waals surface area contributed by atoms with Crippen molar-refractivity contribution >= 4 is 17.8 Å². The molecule has 0 aliphatic heterocycles. The number of carbonyl (C=O) groups is 3. The van der Waals surface area contributed by atoms with Crippen LogP contribution in [0.25, 0.3) is 0 Å². The predicted molar refractivity (Wildman–Crippen MR) is 216 cm³/mol. The van der Waals surface area contributed by atoms with Gasteiger partial charge in [-0.2, -0.15) is 0 Å². The van der Waals surface area contributed by atoms with Crippen LogP contribution >= 0.6 is 0 Å². The SMILES string of the molecule is CCCCC/C=C\C(CCCCCCC(=O)NC(CCCN)C(=O)O)OC(=O)CCCCCCCCCCCCCCCCCCCCCCC. The zero-order valence-electron chi connectivity index (χ0n) is 33.7. The topological polar surface area (TPSA) is 119 Å². The molecule has 0 aromatic heterocycles. The van der Waals surface area contributed by atoms with Gasteiger partial charge in [0.2, 0.25) is 5.91 Å². The average molecular weight is 721 g/mol. The number of carbonyl (C=O) groups excluding carboxylic acids is 2. The van der Waals surface area contributed by atoms with E-state index in [1.807, 2.05) is 0 Å². The molecular weight excluding hydrogens is 636 g/mol. The Kier molecular flexibility index (Phi) is 37.9. The minimum atomic E-state index is -1.01. The normalized spacial score (nSPS) is 12.7. The summed E-state index contributed by atoms with van der Waals surface area (Å²) in [7, 11) is 0. The van der Waals surface area contributed by atoms with Crippen LogP contribution < -0.4 is 11.1 Å². The minimum absolute atomic E-state index is 0.0877. The molecule has 0 spiro atoms. The number of carboxylic acid groups (broad SMARTS) is 1. The van der Waals surface area contributed by atoms with E-state index < -0.39 is 12.0 Å². The Morgan fingerprint density at radius 1 is 0.569 bits per heavy atom. The molecule has 2 atom stereocenters. The number of aliphatic carboxylic acids is 1. The van der Waals surface area contributed by atoms with Crippen LogP contribution in [-0.4, -0.2) is 41.6 Å². The van der Waals surface area contributed by atoms with Crippen molar-refractivity contribution in [1.82, 2.24) is 5.32 Å². The molecule has 0 aliphatic carbocycles. The average Bonchev–Trinajstić information content (AvgIpc) is 3.11. The van der Waals surface area contributed by atoms with Crippen LogP contribution in [0.2, 0.25) is 0 Å². The zero-order valence-corrected chi connectivity index (χ0v) is 33.7. The van der Waals surface area contributed by atoms with Crippen LogP contribution in [0, 0.1) is 0 Å². The molecule has 0 aromatic rings. The number of hydrogen-bond acceptors (Lipinski definition) is 5. The van der Waals surface area contributed by atoms with E-state index in [1.54, 1.807) is 0 Å². The maximum absolute atomic E-state index is 12.7. The van der Waals surface area contributed by atoms with Gasteiger partial charge in [0, 0.05) is 12.8 Å². The van der Waals surface area contributed by atoms with Crippen LogP contribution in [-0.2, 0) is 19.1 Å². The second kappa shape index (κ2) is 39.3. The predicted octanol–water partition coefficient (Wildman–Crippen LogP) is 12.3. The fourth-order valence-corrected chi connectivity index (χ4v) is 6.71. The Hall–Kier alpha value is -1.89. The molecule has 300 valence electrons. The molecule has 0 radical (unpaired) electrons. The summed E-state index contributed by atoms with van der Waals surface area (Å²) in [6, 6.07) is -0.867. The Balaban J connectivity index is 3.94. The van der Waals surface area contributed by atoms with Crippen LogP contribution in [0.4, 0.5) is 0 Å². The molecule has 0 bridgehead atoms. The zero-order chi connectivity index (χ0) is 37.5. The third-order valence-corrected chi connectivity index (χ3v) is 10.1. The summed E-state index contributed by atoms with van der Waals surface area (Å²) in [5.74, 6) is -1.32. The van der Waals surface area contributed by atoms with Crippen LogP contribution in [0.15, 0.2) is 12.2 Å². The second-order valence-electron chi connectivity index (χ2n) is 15.1. The van der Waals surface area contributed by atoms with Crippen molar-refractivity contribution in [3.8, 4) is 0 Å². The molecule has 7 nitrogen and oxygen atoms in total. The van der Waals surface area contributed by atoms with Gasteiger partial charge in [-0.1, -0.05) is 174 Å². The Labute approximate surface area is 315 Å². The van der Waals surface area contributed by atoms with Gasteiger partial charge in [-0.3, -0.25) is 9.59 Å². The Morgan fingerprint density at radius 2 is 1.00 bits per heavy atom. The number of ether oxygens (including phenoxy) is 1. The van der Waals surface area contributed by atoms with E-state index in [2.05, 4.69) is 31.3 Å². The van der Waals surface area contributed by atoms with Crippen LogP contribution in [0.5, 0.6) is 0 Å². The largest absolute Gasteiger partial charge is 0.480 e. The van der Waals surface area contributed by atoms with Crippen molar-refractivity contribution in [2.45, 2.75) is 244 Å². The van der Waals surface area contributed by atoms with Crippen LogP contribution in [0.3, 0.4) is 0 Å². The smallest absolute Gasteiger partial charge is 0.326 e. The molecule has 0 aromatic carbocycles. The molecule has 7 heteroatoms. The van der Waals surface area contributed by atoms with Crippen molar-refractivity contribution in [2.75, 3.05) is 6.54 Å². The van der Waals surface area contributed by atoms with Gasteiger partial charge in [0.05, 0.1) is 0 Å². The minimum Gasteiger partial charge on any atom is -0.480 e. The molecular formula is C44H84N2O5. The standard InChI is InChI=1S/C44H84N2O5/c1-3-5-7-9-10-11-12-13-14-15-16-17-18-19-20-21-22-23-24-26-32-38-43(48)51-40(34-29-25-8-6-4-2)35-30-27-28-31-37-42(47)46-41(44(49)50)36-33-39-45/h29,34,40-41H,3-28,30-33,35-39,45H2,1-2H3,(H,46,47)(H,49,50)/b34-29-. The first-order valence-corrected chi connectivity index (χ1v) is 22.0. The highest BCUT2D eigenvalue weighted by molar-refractivity contribution is 5.83. The number of allylic oxidation sites excluding steroid dienone is 1. The Bertz CT molecular complexity index is 817. The van der Waals surface area contributed by atoms with Gasteiger partial charge in [0.15, 0.2) is 0 Å². The van der Waals surface area contributed by atoms with E-state index in [0.29, 0.717) is 38.6 Å². The first-order chi connectivity index (χ1) is 24.9. The molecule has 1 amide bonds. The van der Waals surface area contributed by atoms with Crippen LogP contribution in [0.1, 0.15) is 232 Å². The first-order valence-electron chi connectivity index (χ1n) is 22.0. The van der Waals surface area contributed by atoms with Crippen molar-refractivity contribution in [2.24, 2.45) is 5.73 Å². The summed E-state index contributed by atoms with van der Waals surface area (Å²) in [6.07, 6.45) is 43.0. The summed E-state index contributed by atoms with van der Waals surface area (Å²) in [5, 5.41) is 11.9. The fraction of sp³-hybridized carbons (Fsp3) is 0.886. The second-order valence-corrected chi connectivity index (χ2v) is 15.1. The molecule has 0 saturated carbocycles. The monoisotopic (exact) mass is 721 g/mol. The van der Waals surface area contributed by atoms with E-state index in [0.717, 1.165) is 51.4 Å². The lowest BCUT2D eigenvalue weighted by molar-refractivity contribution is -0.147.